The van der Waals surface area contributed by atoms with E-state index in [1.54, 1.807) is 6.08 Å². The van der Waals surface area contributed by atoms with Gasteiger partial charge in [-0.1, -0.05) is 0 Å². The summed E-state index contributed by atoms with van der Waals surface area (Å²) in [5.74, 6) is 1.53. The van der Waals surface area contributed by atoms with Crippen LogP contribution in [0.3, 0.4) is 0 Å². The van der Waals surface area contributed by atoms with Gasteiger partial charge in [-0.05, 0) is 18.6 Å². The average Bonchev–Trinajstić information content (AvgIpc) is 2.16. The predicted octanol–water partition coefficient (Wildman–Crippen LogP) is 1.56. The van der Waals surface area contributed by atoms with E-state index in [0.29, 0.717) is 13.0 Å². The number of ether oxygens (including phenoxy) is 2. The van der Waals surface area contributed by atoms with Gasteiger partial charge < -0.3 is 14.6 Å². The fourth-order valence-corrected chi connectivity index (χ4v) is 1.86. The van der Waals surface area contributed by atoms with Crippen LogP contribution in [0.2, 0.25) is 0 Å². The van der Waals surface area contributed by atoms with Gasteiger partial charge in [-0.15, -0.1) is 11.6 Å². The van der Waals surface area contributed by atoms with Gasteiger partial charge in [0.15, 0.2) is 5.76 Å². The van der Waals surface area contributed by atoms with E-state index in [-0.39, 0.29) is 18.1 Å². The topological polar surface area (TPSA) is 38.7 Å². The summed E-state index contributed by atoms with van der Waals surface area (Å²) < 4.78 is 11.1. The normalized spacial score (nSPS) is 31.5. The first-order valence-electron chi connectivity index (χ1n) is 4.68. The van der Waals surface area contributed by atoms with Crippen LogP contribution in [-0.4, -0.2) is 29.8 Å². The van der Waals surface area contributed by atoms with Gasteiger partial charge in [0.1, 0.15) is 18.5 Å². The van der Waals surface area contributed by atoms with Crippen LogP contribution in [0.25, 0.3) is 0 Å². The Morgan fingerprint density at radius 2 is 2.43 bits per heavy atom. The number of aliphatic hydroxyl groups excluding tert-OH is 1. The van der Waals surface area contributed by atoms with Crippen molar-refractivity contribution in [3.8, 4) is 0 Å². The minimum atomic E-state index is -0.173. The molecule has 1 aliphatic heterocycles. The van der Waals surface area contributed by atoms with Gasteiger partial charge in [0.25, 0.3) is 0 Å². The number of alkyl halides is 1. The Morgan fingerprint density at radius 3 is 3.14 bits per heavy atom. The molecule has 0 amide bonds. The summed E-state index contributed by atoms with van der Waals surface area (Å²) in [6, 6.07) is 0. The van der Waals surface area contributed by atoms with Gasteiger partial charge in [-0.3, -0.25) is 0 Å². The zero-order chi connectivity index (χ0) is 10.1. The Hall–Kier alpha value is -0.670. The highest BCUT2D eigenvalue weighted by molar-refractivity contribution is 6.22. The first-order valence-corrected chi connectivity index (χ1v) is 5.12. The monoisotopic (exact) mass is 216 g/mol. The molecule has 4 heteroatoms. The number of hydrogen-bond donors (Lipinski definition) is 1. The second-order valence-corrected chi connectivity index (χ2v) is 4.10. The van der Waals surface area contributed by atoms with Crippen molar-refractivity contribution in [1.82, 2.24) is 0 Å². The van der Waals surface area contributed by atoms with E-state index in [0.717, 1.165) is 17.1 Å². The minimum absolute atomic E-state index is 0.0239. The molecule has 0 fully saturated rings. The Balaban J connectivity index is 2.23. The first-order chi connectivity index (χ1) is 6.70. The van der Waals surface area contributed by atoms with Gasteiger partial charge in [-0.2, -0.15) is 0 Å². The van der Waals surface area contributed by atoms with Crippen LogP contribution in [-0.2, 0) is 9.47 Å². The second-order valence-electron chi connectivity index (χ2n) is 3.58. The quantitative estimate of drug-likeness (QED) is 0.677. The van der Waals surface area contributed by atoms with Crippen LogP contribution in [0.5, 0.6) is 0 Å². The molecular weight excluding hydrogens is 204 g/mol. The molecule has 2 unspecified atom stereocenters. The molecule has 14 heavy (non-hydrogen) atoms. The standard InChI is InChI=1S/C10H13ClO3/c1-6-5-13-9-2-7(4-12)8(11)3-10(9)14-6/h2,6,8,12H,3-5H2,1H3. The minimum Gasteiger partial charge on any atom is -0.488 e. The highest BCUT2D eigenvalue weighted by atomic mass is 35.5. The number of rotatable bonds is 1. The van der Waals surface area contributed by atoms with Gasteiger partial charge in [0.2, 0.25) is 0 Å². The molecule has 0 aromatic carbocycles. The van der Waals surface area contributed by atoms with E-state index >= 15 is 0 Å². The summed E-state index contributed by atoms with van der Waals surface area (Å²) in [5.41, 5.74) is 0.795. The molecule has 2 atom stereocenters. The predicted molar refractivity (Wildman–Crippen MR) is 53.0 cm³/mol. The zero-order valence-corrected chi connectivity index (χ0v) is 8.75. The lowest BCUT2D eigenvalue weighted by Gasteiger charge is -2.30. The molecule has 0 aromatic heterocycles. The third-order valence-corrected chi connectivity index (χ3v) is 2.79. The van der Waals surface area contributed by atoms with Crippen molar-refractivity contribution in [2.45, 2.75) is 24.8 Å². The smallest absolute Gasteiger partial charge is 0.157 e. The van der Waals surface area contributed by atoms with E-state index in [1.807, 2.05) is 6.92 Å². The molecule has 0 spiro atoms. The second kappa shape index (κ2) is 3.83. The lowest BCUT2D eigenvalue weighted by molar-refractivity contribution is 0.00598. The SMILES string of the molecule is CC1COC2=C(CC(Cl)C(CO)=C2)O1. The van der Waals surface area contributed by atoms with E-state index in [2.05, 4.69) is 0 Å². The highest BCUT2D eigenvalue weighted by Crippen LogP contribution is 2.32. The van der Waals surface area contributed by atoms with Crippen LogP contribution < -0.4 is 0 Å². The molecule has 78 valence electrons. The summed E-state index contributed by atoms with van der Waals surface area (Å²) in [7, 11) is 0. The highest BCUT2D eigenvalue weighted by Gasteiger charge is 2.27. The van der Waals surface area contributed by atoms with E-state index < -0.39 is 0 Å². The van der Waals surface area contributed by atoms with Crippen molar-refractivity contribution in [1.29, 1.82) is 0 Å². The van der Waals surface area contributed by atoms with E-state index in [4.69, 9.17) is 26.2 Å². The van der Waals surface area contributed by atoms with Crippen LogP contribution in [0.1, 0.15) is 13.3 Å². The van der Waals surface area contributed by atoms with E-state index in [1.165, 1.54) is 0 Å². The lowest BCUT2D eigenvalue weighted by atomic mass is 10.0. The average molecular weight is 217 g/mol. The molecule has 0 radical (unpaired) electrons. The summed E-state index contributed by atoms with van der Waals surface area (Å²) >= 11 is 6.05. The molecule has 2 aliphatic rings. The number of allylic oxidation sites excluding steroid dienone is 2. The van der Waals surface area contributed by atoms with Gasteiger partial charge in [0.05, 0.1) is 12.0 Å². The largest absolute Gasteiger partial charge is 0.488 e. The molecule has 2 rings (SSSR count). The molecular formula is C10H13ClO3. The van der Waals surface area contributed by atoms with Crippen molar-refractivity contribution in [3.63, 3.8) is 0 Å². The molecule has 0 saturated carbocycles. The molecule has 0 bridgehead atoms. The van der Waals surface area contributed by atoms with Crippen molar-refractivity contribution < 1.29 is 14.6 Å². The maximum atomic E-state index is 9.03. The third-order valence-electron chi connectivity index (χ3n) is 2.36. The molecule has 1 N–H and O–H groups in total. The summed E-state index contributed by atoms with van der Waals surface area (Å²) in [6.07, 6.45) is 2.47. The van der Waals surface area contributed by atoms with Crippen molar-refractivity contribution >= 4 is 11.6 Å². The van der Waals surface area contributed by atoms with Crippen LogP contribution in [0.4, 0.5) is 0 Å². The molecule has 1 aliphatic carbocycles. The van der Waals surface area contributed by atoms with E-state index in [9.17, 15) is 0 Å². The fourth-order valence-electron chi connectivity index (χ4n) is 1.59. The van der Waals surface area contributed by atoms with Crippen LogP contribution in [0.15, 0.2) is 23.2 Å². The summed E-state index contributed by atoms with van der Waals surface area (Å²) in [6.45, 7) is 2.49. The van der Waals surface area contributed by atoms with Gasteiger partial charge >= 0.3 is 0 Å². The Kier molecular flexibility index (Phi) is 2.70. The summed E-state index contributed by atoms with van der Waals surface area (Å²) in [5, 5.41) is 8.86. The maximum absolute atomic E-state index is 9.03. The maximum Gasteiger partial charge on any atom is 0.157 e. The van der Waals surface area contributed by atoms with Crippen LogP contribution in [0, 0.1) is 0 Å². The summed E-state index contributed by atoms with van der Waals surface area (Å²) in [4.78, 5) is 0. The van der Waals surface area contributed by atoms with Crippen molar-refractivity contribution in [2.75, 3.05) is 13.2 Å². The molecule has 0 aromatic rings. The Morgan fingerprint density at radius 1 is 1.64 bits per heavy atom. The number of aliphatic hydroxyl groups is 1. The number of halogens is 1. The molecule has 0 saturated heterocycles. The Labute approximate surface area is 88.0 Å². The number of hydrogen-bond acceptors (Lipinski definition) is 3. The van der Waals surface area contributed by atoms with Crippen molar-refractivity contribution in [2.24, 2.45) is 0 Å². The van der Waals surface area contributed by atoms with Gasteiger partial charge in [-0.25, -0.2) is 0 Å². The lowest BCUT2D eigenvalue weighted by Crippen LogP contribution is -2.26. The Bertz CT molecular complexity index is 296. The molecule has 1 heterocycles. The van der Waals surface area contributed by atoms with Crippen molar-refractivity contribution in [3.05, 3.63) is 23.2 Å². The zero-order valence-electron chi connectivity index (χ0n) is 8.00. The third kappa shape index (κ3) is 1.74. The van der Waals surface area contributed by atoms with Gasteiger partial charge in [0, 0.05) is 6.42 Å². The van der Waals surface area contributed by atoms with Crippen LogP contribution >= 0.6 is 11.6 Å². The molecule has 3 nitrogen and oxygen atoms in total. The fraction of sp³-hybridized carbons (Fsp3) is 0.600. The first kappa shape index (κ1) is 9.87.